The highest BCUT2D eigenvalue weighted by Crippen LogP contribution is 2.22. The quantitative estimate of drug-likeness (QED) is 0.656. The fourth-order valence-corrected chi connectivity index (χ4v) is 1.88. The van der Waals surface area contributed by atoms with Crippen molar-refractivity contribution in [3.05, 3.63) is 34.4 Å². The first-order chi connectivity index (χ1) is 9.65. The van der Waals surface area contributed by atoms with E-state index in [1.807, 2.05) is 13.8 Å². The summed E-state index contributed by atoms with van der Waals surface area (Å²) < 4.78 is 7.26. The normalized spacial score (nSPS) is 11.1. The van der Waals surface area contributed by atoms with E-state index in [4.69, 9.17) is 17.0 Å². The minimum absolute atomic E-state index is 0.104. The molecular weight excluding hydrogens is 276 g/mol. The maximum Gasteiger partial charge on any atom is 0.216 e. The number of phenols is 1. The number of H-pyrrole nitrogens is 1. The molecule has 0 saturated heterocycles. The molecule has 0 amide bonds. The highest BCUT2D eigenvalue weighted by Gasteiger charge is 2.04. The summed E-state index contributed by atoms with van der Waals surface area (Å²) in [6.45, 7) is 4.40. The summed E-state index contributed by atoms with van der Waals surface area (Å²) in [6.07, 6.45) is 2.25. The number of aryl methyl sites for hydroxylation is 1. The van der Waals surface area contributed by atoms with Crippen molar-refractivity contribution in [1.29, 1.82) is 0 Å². The molecule has 0 fully saturated rings. The van der Waals surface area contributed by atoms with Gasteiger partial charge in [0.05, 0.1) is 12.8 Å². The van der Waals surface area contributed by atoms with Crippen molar-refractivity contribution in [2.24, 2.45) is 5.10 Å². The van der Waals surface area contributed by atoms with E-state index >= 15 is 0 Å². The van der Waals surface area contributed by atoms with Gasteiger partial charge in [-0.3, -0.25) is 5.10 Å². The van der Waals surface area contributed by atoms with Gasteiger partial charge >= 0.3 is 0 Å². The zero-order valence-electron chi connectivity index (χ0n) is 11.3. The molecule has 20 heavy (non-hydrogen) atoms. The lowest BCUT2D eigenvalue weighted by atomic mass is 10.2. The molecule has 0 aliphatic rings. The van der Waals surface area contributed by atoms with Gasteiger partial charge in [-0.25, -0.2) is 0 Å². The van der Waals surface area contributed by atoms with Gasteiger partial charge in [0.1, 0.15) is 11.5 Å². The Morgan fingerprint density at radius 3 is 2.95 bits per heavy atom. The number of benzene rings is 1. The molecule has 6 nitrogen and oxygen atoms in total. The number of ether oxygens (including phenoxy) is 1. The molecular formula is C13H16N4O2S. The first kappa shape index (κ1) is 14.3. The molecule has 106 valence electrons. The van der Waals surface area contributed by atoms with Crippen LogP contribution in [0.2, 0.25) is 0 Å². The zero-order chi connectivity index (χ0) is 14.5. The molecule has 0 bridgehead atoms. The Morgan fingerprint density at radius 1 is 1.50 bits per heavy atom. The van der Waals surface area contributed by atoms with Gasteiger partial charge in [-0.15, -0.1) is 0 Å². The first-order valence-electron chi connectivity index (χ1n) is 6.32. The minimum Gasteiger partial charge on any atom is -0.507 e. The Balaban J connectivity index is 2.27. The van der Waals surface area contributed by atoms with E-state index in [9.17, 15) is 5.11 Å². The molecule has 0 aliphatic carbocycles. The van der Waals surface area contributed by atoms with Crippen LogP contribution in [0.5, 0.6) is 11.5 Å². The molecule has 0 spiro atoms. The number of hydrogen-bond donors (Lipinski definition) is 2. The molecule has 2 aromatic rings. The van der Waals surface area contributed by atoms with E-state index in [2.05, 4.69) is 15.3 Å². The number of rotatable bonds is 5. The van der Waals surface area contributed by atoms with E-state index in [0.717, 1.165) is 5.82 Å². The Morgan fingerprint density at radius 2 is 2.30 bits per heavy atom. The van der Waals surface area contributed by atoms with Gasteiger partial charge in [-0.05, 0) is 31.3 Å². The largest absolute Gasteiger partial charge is 0.507 e. The summed E-state index contributed by atoms with van der Waals surface area (Å²) in [5.41, 5.74) is 0.582. The highest BCUT2D eigenvalue weighted by molar-refractivity contribution is 7.71. The van der Waals surface area contributed by atoms with Gasteiger partial charge in [0.25, 0.3) is 0 Å². The fourth-order valence-electron chi connectivity index (χ4n) is 1.68. The lowest BCUT2D eigenvalue weighted by Crippen LogP contribution is -1.98. The molecule has 0 atom stereocenters. The number of nitrogens with one attached hydrogen (secondary N) is 1. The third-order valence-corrected chi connectivity index (χ3v) is 2.92. The van der Waals surface area contributed by atoms with Crippen molar-refractivity contribution >= 4 is 18.4 Å². The Bertz CT molecular complexity index is 675. The van der Waals surface area contributed by atoms with Crippen LogP contribution >= 0.6 is 12.2 Å². The van der Waals surface area contributed by atoms with Gasteiger partial charge in [-0.2, -0.15) is 14.9 Å². The van der Waals surface area contributed by atoms with Crippen LogP contribution in [0.4, 0.5) is 0 Å². The van der Waals surface area contributed by atoms with E-state index < -0.39 is 0 Å². The van der Waals surface area contributed by atoms with E-state index in [-0.39, 0.29) is 5.75 Å². The van der Waals surface area contributed by atoms with Crippen LogP contribution < -0.4 is 4.74 Å². The Labute approximate surface area is 121 Å². The number of aromatic nitrogens is 3. The van der Waals surface area contributed by atoms with E-state index in [1.54, 1.807) is 18.2 Å². The van der Waals surface area contributed by atoms with Gasteiger partial charge in [0, 0.05) is 18.1 Å². The maximum absolute atomic E-state index is 9.91. The van der Waals surface area contributed by atoms with Crippen molar-refractivity contribution in [3.63, 3.8) is 0 Å². The number of hydrogen-bond acceptors (Lipinski definition) is 5. The van der Waals surface area contributed by atoms with Crippen LogP contribution in [0, 0.1) is 4.77 Å². The second-order valence-corrected chi connectivity index (χ2v) is 4.40. The molecule has 0 saturated carbocycles. The molecule has 0 radical (unpaired) electrons. The first-order valence-corrected chi connectivity index (χ1v) is 6.73. The molecule has 0 unspecified atom stereocenters. The summed E-state index contributed by atoms with van der Waals surface area (Å²) in [5.74, 6) is 1.46. The lowest BCUT2D eigenvalue weighted by Gasteiger charge is -2.05. The topological polar surface area (TPSA) is 75.4 Å². The average molecular weight is 292 g/mol. The van der Waals surface area contributed by atoms with Gasteiger partial charge in [0.15, 0.2) is 5.82 Å². The average Bonchev–Trinajstić information content (AvgIpc) is 2.79. The highest BCUT2D eigenvalue weighted by atomic mass is 32.1. The number of phenolic OH excluding ortho intramolecular Hbond substituents is 1. The monoisotopic (exact) mass is 292 g/mol. The van der Waals surface area contributed by atoms with E-state index in [1.165, 1.54) is 10.9 Å². The summed E-state index contributed by atoms with van der Waals surface area (Å²) >= 11 is 5.09. The second kappa shape index (κ2) is 6.33. The van der Waals surface area contributed by atoms with Crippen molar-refractivity contribution in [2.45, 2.75) is 20.3 Å². The van der Waals surface area contributed by atoms with Crippen molar-refractivity contribution in [3.8, 4) is 11.5 Å². The Kier molecular flexibility index (Phi) is 4.52. The standard InChI is InChI=1S/C13H16N4O2S/c1-3-12-15-16-13(20)17(12)14-8-9-5-6-10(19-4-2)7-11(9)18/h5-8,18H,3-4H2,1-2H3,(H,16,20). The van der Waals surface area contributed by atoms with Crippen LogP contribution in [-0.2, 0) is 6.42 Å². The number of aromatic hydroxyl groups is 1. The number of nitrogens with zero attached hydrogens (tertiary/aromatic N) is 3. The van der Waals surface area contributed by atoms with Crippen LogP contribution in [-0.4, -0.2) is 32.8 Å². The molecule has 7 heteroatoms. The van der Waals surface area contributed by atoms with Crippen molar-refractivity contribution in [2.75, 3.05) is 6.61 Å². The predicted octanol–water partition coefficient (Wildman–Crippen LogP) is 2.49. The fraction of sp³-hybridized carbons (Fsp3) is 0.308. The SMILES string of the molecule is CCOc1ccc(C=Nn2c(CC)n[nH]c2=S)c(O)c1. The van der Waals surface area contributed by atoms with Crippen molar-refractivity contribution < 1.29 is 9.84 Å². The summed E-state index contributed by atoms with van der Waals surface area (Å²) in [5, 5.41) is 20.9. The van der Waals surface area contributed by atoms with E-state index in [0.29, 0.717) is 29.1 Å². The van der Waals surface area contributed by atoms with Crippen molar-refractivity contribution in [1.82, 2.24) is 14.9 Å². The minimum atomic E-state index is 0.104. The van der Waals surface area contributed by atoms with Gasteiger partial charge in [0.2, 0.25) is 4.77 Å². The summed E-state index contributed by atoms with van der Waals surface area (Å²) in [6, 6.07) is 5.07. The van der Waals surface area contributed by atoms with Crippen LogP contribution in [0.25, 0.3) is 0 Å². The zero-order valence-corrected chi connectivity index (χ0v) is 12.1. The second-order valence-electron chi connectivity index (χ2n) is 4.01. The maximum atomic E-state index is 9.91. The van der Waals surface area contributed by atoms with Gasteiger partial charge in [-0.1, -0.05) is 6.92 Å². The third kappa shape index (κ3) is 3.05. The van der Waals surface area contributed by atoms with Crippen LogP contribution in [0.15, 0.2) is 23.3 Å². The molecule has 2 rings (SSSR count). The third-order valence-electron chi connectivity index (χ3n) is 2.66. The van der Waals surface area contributed by atoms with Crippen LogP contribution in [0.1, 0.15) is 25.2 Å². The van der Waals surface area contributed by atoms with Crippen LogP contribution in [0.3, 0.4) is 0 Å². The number of aromatic amines is 1. The molecule has 1 heterocycles. The summed E-state index contributed by atoms with van der Waals surface area (Å²) in [4.78, 5) is 0. The van der Waals surface area contributed by atoms with Gasteiger partial charge < -0.3 is 9.84 Å². The lowest BCUT2D eigenvalue weighted by molar-refractivity contribution is 0.337. The summed E-state index contributed by atoms with van der Waals surface area (Å²) in [7, 11) is 0. The molecule has 2 N–H and O–H groups in total. The Hall–Kier alpha value is -2.15. The predicted molar refractivity (Wildman–Crippen MR) is 79.1 cm³/mol. The molecule has 1 aromatic carbocycles. The smallest absolute Gasteiger partial charge is 0.216 e. The molecule has 0 aliphatic heterocycles. The molecule has 1 aromatic heterocycles.